The van der Waals surface area contributed by atoms with Crippen LogP contribution in [0.4, 0.5) is 8.78 Å². The Morgan fingerprint density at radius 1 is 1.07 bits per heavy atom. The molecule has 1 fully saturated rings. The van der Waals surface area contributed by atoms with Gasteiger partial charge in [-0.1, -0.05) is 12.1 Å². The smallest absolute Gasteiger partial charge is 0.260 e. The molecular formula is C20H21F2NO4. The molecule has 2 aromatic rings. The third-order valence-electron chi connectivity index (χ3n) is 4.41. The van der Waals surface area contributed by atoms with E-state index in [-0.39, 0.29) is 24.4 Å². The second-order valence-corrected chi connectivity index (χ2v) is 6.21. The van der Waals surface area contributed by atoms with Gasteiger partial charge in [0.1, 0.15) is 11.9 Å². The molecule has 7 heteroatoms. The Balaban J connectivity index is 1.47. The van der Waals surface area contributed by atoms with Crippen molar-refractivity contribution < 1.29 is 27.8 Å². The molecule has 3 rings (SSSR count). The molecule has 0 aliphatic carbocycles. The van der Waals surface area contributed by atoms with Crippen molar-refractivity contribution in [3.05, 3.63) is 54.1 Å². The lowest BCUT2D eigenvalue weighted by molar-refractivity contribution is -0.135. The van der Waals surface area contributed by atoms with E-state index in [1.165, 1.54) is 6.07 Å². The molecule has 5 nitrogen and oxygen atoms in total. The number of para-hydroxylation sites is 2. The minimum Gasteiger partial charge on any atom is -0.493 e. The molecule has 2 aromatic carbocycles. The largest absolute Gasteiger partial charge is 0.493 e. The van der Waals surface area contributed by atoms with Gasteiger partial charge in [-0.2, -0.15) is 0 Å². The summed E-state index contributed by atoms with van der Waals surface area (Å²) in [5.41, 5.74) is 0. The van der Waals surface area contributed by atoms with Crippen molar-refractivity contribution in [1.82, 2.24) is 4.90 Å². The number of nitrogens with zero attached hydrogens (tertiary/aromatic N) is 1. The molecule has 27 heavy (non-hydrogen) atoms. The van der Waals surface area contributed by atoms with E-state index in [1.807, 2.05) is 12.1 Å². The van der Waals surface area contributed by atoms with Gasteiger partial charge in [0.25, 0.3) is 5.91 Å². The Hall–Kier alpha value is -2.83. The van der Waals surface area contributed by atoms with Crippen molar-refractivity contribution in [2.75, 3.05) is 26.8 Å². The van der Waals surface area contributed by atoms with Crippen LogP contribution in [0.25, 0.3) is 0 Å². The number of ether oxygens (including phenoxy) is 3. The highest BCUT2D eigenvalue weighted by molar-refractivity contribution is 5.78. The molecule has 0 saturated carbocycles. The number of methoxy groups -OCH3 is 1. The van der Waals surface area contributed by atoms with E-state index in [9.17, 15) is 13.6 Å². The van der Waals surface area contributed by atoms with Gasteiger partial charge >= 0.3 is 0 Å². The minimum absolute atomic E-state index is 0.0743. The van der Waals surface area contributed by atoms with Crippen LogP contribution >= 0.6 is 0 Å². The highest BCUT2D eigenvalue weighted by Crippen LogP contribution is 2.26. The topological polar surface area (TPSA) is 48.0 Å². The Labute approximate surface area is 156 Å². The zero-order chi connectivity index (χ0) is 19.2. The van der Waals surface area contributed by atoms with Gasteiger partial charge in [-0.05, 0) is 24.3 Å². The van der Waals surface area contributed by atoms with Crippen LogP contribution in [0.15, 0.2) is 42.5 Å². The quantitative estimate of drug-likeness (QED) is 0.774. The van der Waals surface area contributed by atoms with Crippen LogP contribution in [0, 0.1) is 11.6 Å². The zero-order valence-corrected chi connectivity index (χ0v) is 15.0. The Morgan fingerprint density at radius 2 is 1.78 bits per heavy atom. The maximum absolute atomic E-state index is 13.2. The van der Waals surface area contributed by atoms with Gasteiger partial charge < -0.3 is 19.1 Å². The molecule has 1 aliphatic rings. The molecule has 1 aliphatic heterocycles. The van der Waals surface area contributed by atoms with Gasteiger partial charge in [-0.3, -0.25) is 4.79 Å². The number of halogens is 2. The highest BCUT2D eigenvalue weighted by Gasteiger charge is 2.24. The second kappa shape index (κ2) is 8.70. The third kappa shape index (κ3) is 4.87. The van der Waals surface area contributed by atoms with Crippen LogP contribution in [0.5, 0.6) is 17.2 Å². The van der Waals surface area contributed by atoms with E-state index in [2.05, 4.69) is 0 Å². The summed E-state index contributed by atoms with van der Waals surface area (Å²) >= 11 is 0. The number of rotatable bonds is 6. The Bertz CT molecular complexity index is 791. The summed E-state index contributed by atoms with van der Waals surface area (Å²) < 4.78 is 42.7. The number of benzene rings is 2. The summed E-state index contributed by atoms with van der Waals surface area (Å²) in [6.07, 6.45) is 1.08. The van der Waals surface area contributed by atoms with E-state index in [1.54, 1.807) is 24.1 Å². The van der Waals surface area contributed by atoms with Crippen LogP contribution in [0.3, 0.4) is 0 Å². The van der Waals surface area contributed by atoms with E-state index in [0.717, 1.165) is 12.1 Å². The molecule has 144 valence electrons. The lowest BCUT2D eigenvalue weighted by atomic mass is 10.1. The number of amides is 1. The number of hydrogen-bond acceptors (Lipinski definition) is 4. The maximum Gasteiger partial charge on any atom is 0.260 e. The minimum atomic E-state index is -0.936. The molecule has 1 heterocycles. The van der Waals surface area contributed by atoms with E-state index >= 15 is 0 Å². The molecule has 0 atom stereocenters. The number of hydrogen-bond donors (Lipinski definition) is 0. The summed E-state index contributed by atoms with van der Waals surface area (Å²) in [4.78, 5) is 14.1. The van der Waals surface area contributed by atoms with Crippen LogP contribution in [-0.4, -0.2) is 43.7 Å². The van der Waals surface area contributed by atoms with E-state index in [0.29, 0.717) is 37.4 Å². The van der Waals surface area contributed by atoms with Crippen molar-refractivity contribution in [2.24, 2.45) is 0 Å². The van der Waals surface area contributed by atoms with Crippen molar-refractivity contribution in [3.8, 4) is 17.2 Å². The molecular weight excluding hydrogens is 356 g/mol. The van der Waals surface area contributed by atoms with Crippen molar-refractivity contribution in [3.63, 3.8) is 0 Å². The van der Waals surface area contributed by atoms with Gasteiger partial charge in [0.15, 0.2) is 29.7 Å². The fourth-order valence-corrected chi connectivity index (χ4v) is 2.93. The van der Waals surface area contributed by atoms with Gasteiger partial charge in [0.2, 0.25) is 0 Å². The molecule has 0 unspecified atom stereocenters. The summed E-state index contributed by atoms with van der Waals surface area (Å²) in [5, 5.41) is 0. The van der Waals surface area contributed by atoms with Crippen molar-refractivity contribution in [1.29, 1.82) is 0 Å². The Morgan fingerprint density at radius 3 is 2.44 bits per heavy atom. The van der Waals surface area contributed by atoms with Gasteiger partial charge in [0.05, 0.1) is 7.11 Å². The van der Waals surface area contributed by atoms with Crippen LogP contribution in [0.1, 0.15) is 12.8 Å². The highest BCUT2D eigenvalue weighted by atomic mass is 19.2. The first-order chi connectivity index (χ1) is 13.1. The SMILES string of the molecule is COc1ccccc1OCC(=O)N1CCC(Oc2ccc(F)c(F)c2)CC1. The standard InChI is InChI=1S/C20H21F2NO4/c1-25-18-4-2-3-5-19(18)26-13-20(24)23-10-8-14(9-11-23)27-15-6-7-16(21)17(22)12-15/h2-7,12,14H,8-11,13H2,1H3. The normalized spacial score (nSPS) is 14.7. The predicted molar refractivity (Wildman–Crippen MR) is 95.1 cm³/mol. The van der Waals surface area contributed by atoms with Gasteiger partial charge in [0, 0.05) is 32.0 Å². The average molecular weight is 377 g/mol. The fraction of sp³-hybridized carbons (Fsp3) is 0.350. The summed E-state index contributed by atoms with van der Waals surface area (Å²) in [6, 6.07) is 10.6. The predicted octanol–water partition coefficient (Wildman–Crippen LogP) is 3.42. The number of likely N-dealkylation sites (tertiary alicyclic amines) is 1. The summed E-state index contributed by atoms with van der Waals surface area (Å²) in [6.45, 7) is 0.958. The average Bonchev–Trinajstić information content (AvgIpc) is 2.69. The number of carbonyl (C=O) groups excluding carboxylic acids is 1. The van der Waals surface area contributed by atoms with Crippen LogP contribution < -0.4 is 14.2 Å². The van der Waals surface area contributed by atoms with Gasteiger partial charge in [-0.25, -0.2) is 8.78 Å². The monoisotopic (exact) mass is 377 g/mol. The third-order valence-corrected chi connectivity index (χ3v) is 4.41. The molecule has 1 saturated heterocycles. The van der Waals surface area contributed by atoms with E-state index in [4.69, 9.17) is 14.2 Å². The summed E-state index contributed by atoms with van der Waals surface area (Å²) in [5.74, 6) is -0.578. The van der Waals surface area contributed by atoms with Crippen molar-refractivity contribution in [2.45, 2.75) is 18.9 Å². The molecule has 0 bridgehead atoms. The van der Waals surface area contributed by atoms with Crippen LogP contribution in [-0.2, 0) is 4.79 Å². The maximum atomic E-state index is 13.2. The molecule has 0 radical (unpaired) electrons. The Kier molecular flexibility index (Phi) is 6.11. The van der Waals surface area contributed by atoms with Crippen molar-refractivity contribution >= 4 is 5.91 Å². The van der Waals surface area contributed by atoms with Crippen LogP contribution in [0.2, 0.25) is 0 Å². The first-order valence-corrected chi connectivity index (χ1v) is 8.72. The number of carbonyl (C=O) groups is 1. The summed E-state index contributed by atoms with van der Waals surface area (Å²) in [7, 11) is 1.54. The first-order valence-electron chi connectivity index (χ1n) is 8.72. The fourth-order valence-electron chi connectivity index (χ4n) is 2.93. The lowest BCUT2D eigenvalue weighted by Gasteiger charge is -2.32. The lowest BCUT2D eigenvalue weighted by Crippen LogP contribution is -2.43. The molecule has 0 aromatic heterocycles. The molecule has 1 amide bonds. The number of piperidine rings is 1. The molecule has 0 spiro atoms. The zero-order valence-electron chi connectivity index (χ0n) is 15.0. The van der Waals surface area contributed by atoms with Gasteiger partial charge in [-0.15, -0.1) is 0 Å². The first kappa shape index (κ1) is 18.9. The second-order valence-electron chi connectivity index (χ2n) is 6.21. The molecule has 0 N–H and O–H groups in total. The van der Waals surface area contributed by atoms with E-state index < -0.39 is 11.6 Å².